The van der Waals surface area contributed by atoms with Crippen LogP contribution in [0.4, 0.5) is 11.4 Å². The number of methoxy groups -OCH3 is 1. The van der Waals surface area contributed by atoms with Crippen molar-refractivity contribution >= 4 is 49.5 Å². The first-order valence-electron chi connectivity index (χ1n) is 13.4. The Balaban J connectivity index is 0.000000163. The summed E-state index contributed by atoms with van der Waals surface area (Å²) in [6.45, 7) is 0. The van der Waals surface area contributed by atoms with E-state index in [4.69, 9.17) is 10.5 Å². The van der Waals surface area contributed by atoms with Crippen molar-refractivity contribution in [2.24, 2.45) is 0 Å². The van der Waals surface area contributed by atoms with Crippen LogP contribution in [-0.4, -0.2) is 17.8 Å². The predicted octanol–water partition coefficient (Wildman–Crippen LogP) is 8.67. The van der Waals surface area contributed by atoms with Gasteiger partial charge in [0.1, 0.15) is 5.75 Å². The van der Waals surface area contributed by atoms with Gasteiger partial charge in [0.2, 0.25) is 0 Å². The Kier molecular flexibility index (Phi) is 6.95. The molecule has 204 valence electrons. The number of nitrogens with two attached hydrogens (primary N) is 1. The van der Waals surface area contributed by atoms with Crippen molar-refractivity contribution in [1.29, 1.82) is 0 Å². The topological polar surface area (TPSA) is 95.5 Å². The molecule has 2 N–H and O–H groups in total. The molecule has 0 heterocycles. The number of benzene rings is 7. The molecule has 0 atom stereocenters. The number of hydrogen-bond acceptors (Lipinski definition) is 5. The minimum atomic E-state index is -0.489. The van der Waals surface area contributed by atoms with Gasteiger partial charge in [-0.1, -0.05) is 84.9 Å². The van der Waals surface area contributed by atoms with Crippen LogP contribution < -0.4 is 10.5 Å². The number of nitrogen functional groups attached to an aromatic ring is 1. The minimum absolute atomic E-state index is 0.0189. The highest BCUT2D eigenvalue weighted by atomic mass is 16.6. The van der Waals surface area contributed by atoms with Crippen LogP contribution in [0, 0.1) is 10.1 Å². The smallest absolute Gasteiger partial charge is 0.269 e. The minimum Gasteiger partial charge on any atom is -0.497 e. The molecule has 0 aliphatic heterocycles. The molecule has 0 aromatic heterocycles. The number of nitrogens with zero attached hydrogens (tertiary/aromatic N) is 1. The summed E-state index contributed by atoms with van der Waals surface area (Å²) in [5, 5.41) is 17.9. The third kappa shape index (κ3) is 4.86. The van der Waals surface area contributed by atoms with E-state index in [2.05, 4.69) is 60.7 Å². The summed E-state index contributed by atoms with van der Waals surface area (Å²) in [4.78, 5) is 21.9. The number of anilines is 1. The molecule has 0 bridgehead atoms. The van der Waals surface area contributed by atoms with E-state index in [9.17, 15) is 14.9 Å². The first-order valence-corrected chi connectivity index (χ1v) is 13.4. The Morgan fingerprint density at radius 1 is 0.690 bits per heavy atom. The number of ether oxygens (including phenoxy) is 1. The molecule has 6 heteroatoms. The highest BCUT2D eigenvalue weighted by Gasteiger charge is 2.14. The highest BCUT2D eigenvalue weighted by molar-refractivity contribution is 6.26. The van der Waals surface area contributed by atoms with Crippen molar-refractivity contribution in [1.82, 2.24) is 0 Å². The second-order valence-corrected chi connectivity index (χ2v) is 9.92. The molecule has 42 heavy (non-hydrogen) atoms. The van der Waals surface area contributed by atoms with Crippen LogP contribution in [0.1, 0.15) is 15.9 Å². The molecule has 7 aromatic carbocycles. The van der Waals surface area contributed by atoms with Gasteiger partial charge in [-0.05, 0) is 62.8 Å². The summed E-state index contributed by atoms with van der Waals surface area (Å²) in [6.07, 6.45) is 0. The standard InChI is InChI=1S/C23H17NO.C13H9NO3/c1-25-18-10-7-14(8-11-18)20-13-17-6-5-15-3-2-4-16-9-12-19(23(20)24)22(17)21(15)16;15-13(10-4-2-1-3-5-10)11-6-8-12(9-7-11)14(16)17/h2-13H,24H2,1H3;1-9H. The van der Waals surface area contributed by atoms with E-state index in [0.717, 1.165) is 28.0 Å². The van der Waals surface area contributed by atoms with E-state index in [1.807, 2.05) is 18.2 Å². The van der Waals surface area contributed by atoms with Gasteiger partial charge >= 0.3 is 0 Å². The van der Waals surface area contributed by atoms with Crippen LogP contribution >= 0.6 is 0 Å². The summed E-state index contributed by atoms with van der Waals surface area (Å²) in [5.41, 5.74) is 10.6. The molecular formula is C36H26N2O4. The van der Waals surface area contributed by atoms with Gasteiger partial charge in [0, 0.05) is 39.9 Å². The van der Waals surface area contributed by atoms with Crippen molar-refractivity contribution in [3.05, 3.63) is 149 Å². The number of non-ortho nitro benzene ring substituents is 1. The SMILES string of the molecule is COc1ccc(-c2cc3ccc4cccc5ccc(c2N)c3c45)cc1.O=C(c1ccccc1)c1ccc([N+](=O)[O-])cc1. The number of carbonyl (C=O) groups excluding carboxylic acids is 1. The lowest BCUT2D eigenvalue weighted by molar-refractivity contribution is -0.384. The number of rotatable bonds is 5. The molecule has 0 radical (unpaired) electrons. The molecule has 0 unspecified atom stereocenters. The number of carbonyl (C=O) groups is 1. The fourth-order valence-electron chi connectivity index (χ4n) is 5.33. The molecule has 0 fully saturated rings. The van der Waals surface area contributed by atoms with Crippen LogP contribution in [0.5, 0.6) is 5.75 Å². The van der Waals surface area contributed by atoms with Crippen LogP contribution in [0.2, 0.25) is 0 Å². The Labute approximate surface area is 242 Å². The van der Waals surface area contributed by atoms with E-state index in [1.165, 1.54) is 51.2 Å². The number of nitro benzene ring substituents is 1. The van der Waals surface area contributed by atoms with E-state index in [0.29, 0.717) is 11.1 Å². The Hall–Kier alpha value is -5.75. The van der Waals surface area contributed by atoms with Crippen molar-refractivity contribution in [2.45, 2.75) is 0 Å². The van der Waals surface area contributed by atoms with Crippen LogP contribution in [-0.2, 0) is 0 Å². The average Bonchev–Trinajstić information content (AvgIpc) is 3.05. The zero-order valence-corrected chi connectivity index (χ0v) is 22.8. The zero-order chi connectivity index (χ0) is 29.2. The fourth-order valence-corrected chi connectivity index (χ4v) is 5.33. The third-order valence-corrected chi connectivity index (χ3v) is 7.47. The predicted molar refractivity (Wildman–Crippen MR) is 170 cm³/mol. The Bertz CT molecular complexity index is 2040. The lowest BCUT2D eigenvalue weighted by Crippen LogP contribution is -2.00. The maximum Gasteiger partial charge on any atom is 0.269 e. The van der Waals surface area contributed by atoms with Crippen molar-refractivity contribution in [3.8, 4) is 16.9 Å². The third-order valence-electron chi connectivity index (χ3n) is 7.47. The van der Waals surface area contributed by atoms with Crippen LogP contribution in [0.3, 0.4) is 0 Å². The van der Waals surface area contributed by atoms with Gasteiger partial charge < -0.3 is 10.5 Å². The largest absolute Gasteiger partial charge is 0.497 e. The maximum absolute atomic E-state index is 12.0. The van der Waals surface area contributed by atoms with E-state index in [1.54, 1.807) is 31.4 Å². The summed E-state index contributed by atoms with van der Waals surface area (Å²) < 4.78 is 5.26. The second-order valence-electron chi connectivity index (χ2n) is 9.92. The fraction of sp³-hybridized carbons (Fsp3) is 0.0278. The van der Waals surface area contributed by atoms with Gasteiger partial charge in [-0.3, -0.25) is 14.9 Å². The summed E-state index contributed by atoms with van der Waals surface area (Å²) in [7, 11) is 1.68. The van der Waals surface area contributed by atoms with E-state index >= 15 is 0 Å². The molecule has 0 saturated heterocycles. The molecule has 0 aliphatic rings. The first-order chi connectivity index (χ1) is 20.4. The van der Waals surface area contributed by atoms with Crippen LogP contribution in [0.25, 0.3) is 43.4 Å². The van der Waals surface area contributed by atoms with Gasteiger partial charge in [-0.15, -0.1) is 0 Å². The number of ketones is 1. The van der Waals surface area contributed by atoms with Crippen LogP contribution in [0.15, 0.2) is 127 Å². The Morgan fingerprint density at radius 2 is 1.31 bits per heavy atom. The van der Waals surface area contributed by atoms with E-state index in [-0.39, 0.29) is 11.5 Å². The molecule has 0 amide bonds. The van der Waals surface area contributed by atoms with Crippen molar-refractivity contribution in [2.75, 3.05) is 12.8 Å². The zero-order valence-electron chi connectivity index (χ0n) is 22.8. The molecule has 0 aliphatic carbocycles. The molecule has 0 saturated carbocycles. The molecular weight excluding hydrogens is 524 g/mol. The number of hydrogen-bond donors (Lipinski definition) is 1. The van der Waals surface area contributed by atoms with Gasteiger partial charge in [-0.2, -0.15) is 0 Å². The number of nitro groups is 1. The van der Waals surface area contributed by atoms with Crippen molar-refractivity contribution < 1.29 is 14.5 Å². The lowest BCUT2D eigenvalue weighted by atomic mass is 9.90. The quantitative estimate of drug-likeness (QED) is 0.0760. The second kappa shape index (κ2) is 11.0. The maximum atomic E-state index is 12.0. The van der Waals surface area contributed by atoms with Crippen molar-refractivity contribution in [3.63, 3.8) is 0 Å². The van der Waals surface area contributed by atoms with Gasteiger partial charge in [0.15, 0.2) is 5.78 Å². The highest BCUT2D eigenvalue weighted by Crippen LogP contribution is 2.41. The molecule has 6 nitrogen and oxygen atoms in total. The van der Waals surface area contributed by atoms with Gasteiger partial charge in [0.05, 0.1) is 12.0 Å². The lowest BCUT2D eigenvalue weighted by Gasteiger charge is -2.16. The summed E-state index contributed by atoms with van der Waals surface area (Å²) in [6, 6.07) is 39.8. The summed E-state index contributed by atoms with van der Waals surface area (Å²) in [5.74, 6) is 0.709. The molecule has 7 rings (SSSR count). The Morgan fingerprint density at radius 3 is 1.95 bits per heavy atom. The monoisotopic (exact) mass is 550 g/mol. The molecule has 7 aromatic rings. The first kappa shape index (κ1) is 26.5. The van der Waals surface area contributed by atoms with Gasteiger partial charge in [0.25, 0.3) is 5.69 Å². The normalized spacial score (nSPS) is 10.9. The summed E-state index contributed by atoms with van der Waals surface area (Å²) >= 11 is 0. The van der Waals surface area contributed by atoms with E-state index < -0.39 is 4.92 Å². The molecule has 0 spiro atoms. The average molecular weight is 551 g/mol. The van der Waals surface area contributed by atoms with Gasteiger partial charge in [-0.25, -0.2) is 0 Å².